The summed E-state index contributed by atoms with van der Waals surface area (Å²) in [5.74, 6) is 2.56. The Morgan fingerprint density at radius 1 is 1.25 bits per heavy atom. The smallest absolute Gasteiger partial charge is 0.119 e. The summed E-state index contributed by atoms with van der Waals surface area (Å²) in [6.07, 6.45) is 2.64. The Bertz CT molecular complexity index is 379. The number of nitrogens with zero attached hydrogens (tertiary/aromatic N) is 1. The van der Waals surface area contributed by atoms with E-state index in [-0.39, 0.29) is 0 Å². The summed E-state index contributed by atoms with van der Waals surface area (Å²) >= 11 is 0. The molecule has 1 fully saturated rings. The van der Waals surface area contributed by atoms with E-state index in [9.17, 15) is 0 Å². The van der Waals surface area contributed by atoms with Gasteiger partial charge in [-0.1, -0.05) is 0 Å². The predicted molar refractivity (Wildman–Crippen MR) is 81.6 cm³/mol. The molecule has 1 atom stereocenters. The fourth-order valence-corrected chi connectivity index (χ4v) is 2.77. The summed E-state index contributed by atoms with van der Waals surface area (Å²) in [6, 6.07) is 7.77. The molecule has 2 rings (SSSR count). The molecule has 1 aromatic carbocycles. The van der Waals surface area contributed by atoms with E-state index in [2.05, 4.69) is 10.2 Å². The zero-order chi connectivity index (χ0) is 14.2. The van der Waals surface area contributed by atoms with Crippen LogP contribution in [0.2, 0.25) is 0 Å². The van der Waals surface area contributed by atoms with Gasteiger partial charge in [0.15, 0.2) is 0 Å². The molecule has 0 amide bonds. The van der Waals surface area contributed by atoms with Gasteiger partial charge < -0.3 is 14.8 Å². The third kappa shape index (κ3) is 4.69. The molecule has 20 heavy (non-hydrogen) atoms. The molecule has 4 nitrogen and oxygen atoms in total. The maximum absolute atomic E-state index is 5.79. The lowest BCUT2D eigenvalue weighted by Gasteiger charge is -2.32. The summed E-state index contributed by atoms with van der Waals surface area (Å²) in [6.45, 7) is 5.26. The molecule has 0 aliphatic carbocycles. The molecule has 1 aliphatic rings. The summed E-state index contributed by atoms with van der Waals surface area (Å²) in [5, 5.41) is 3.28. The molecule has 1 aromatic rings. The number of hydrogen-bond acceptors (Lipinski definition) is 4. The molecule has 112 valence electrons. The quantitative estimate of drug-likeness (QED) is 0.827. The van der Waals surface area contributed by atoms with Crippen molar-refractivity contribution in [1.82, 2.24) is 10.2 Å². The van der Waals surface area contributed by atoms with Crippen molar-refractivity contribution in [3.05, 3.63) is 24.3 Å². The number of hydrogen-bond donors (Lipinski definition) is 1. The SMILES string of the molecule is CNCC1CCCN(CCOc2ccc(OC)cc2)C1. The first-order valence-electron chi connectivity index (χ1n) is 7.45. The molecule has 0 bridgehead atoms. The van der Waals surface area contributed by atoms with E-state index in [0.29, 0.717) is 0 Å². The van der Waals surface area contributed by atoms with Crippen molar-refractivity contribution in [2.24, 2.45) is 5.92 Å². The molecule has 0 aromatic heterocycles. The van der Waals surface area contributed by atoms with Gasteiger partial charge in [-0.2, -0.15) is 0 Å². The fourth-order valence-electron chi connectivity index (χ4n) is 2.77. The number of methoxy groups -OCH3 is 1. The predicted octanol–water partition coefficient (Wildman–Crippen LogP) is 2.01. The molecule has 0 spiro atoms. The van der Waals surface area contributed by atoms with Crippen LogP contribution in [0.5, 0.6) is 11.5 Å². The third-order valence-electron chi connectivity index (χ3n) is 3.83. The van der Waals surface area contributed by atoms with Crippen LogP contribution < -0.4 is 14.8 Å². The maximum Gasteiger partial charge on any atom is 0.119 e. The van der Waals surface area contributed by atoms with Crippen LogP contribution in [0.15, 0.2) is 24.3 Å². The second kappa shape index (κ2) is 8.12. The zero-order valence-electron chi connectivity index (χ0n) is 12.6. The van der Waals surface area contributed by atoms with Gasteiger partial charge in [-0.05, 0) is 63.2 Å². The Labute approximate surface area is 122 Å². The van der Waals surface area contributed by atoms with Crippen LogP contribution in [-0.4, -0.2) is 51.8 Å². The van der Waals surface area contributed by atoms with Crippen molar-refractivity contribution in [1.29, 1.82) is 0 Å². The summed E-state index contributed by atoms with van der Waals surface area (Å²) in [5.41, 5.74) is 0. The van der Waals surface area contributed by atoms with Crippen molar-refractivity contribution >= 4 is 0 Å². The summed E-state index contributed by atoms with van der Waals surface area (Å²) in [7, 11) is 3.71. The van der Waals surface area contributed by atoms with E-state index in [1.54, 1.807) is 7.11 Å². The van der Waals surface area contributed by atoms with Crippen molar-refractivity contribution in [3.8, 4) is 11.5 Å². The monoisotopic (exact) mass is 278 g/mol. The number of rotatable bonds is 7. The van der Waals surface area contributed by atoms with Gasteiger partial charge in [0.2, 0.25) is 0 Å². The lowest BCUT2D eigenvalue weighted by atomic mass is 9.98. The van der Waals surface area contributed by atoms with Crippen molar-refractivity contribution in [2.75, 3.05) is 46.9 Å². The molecule has 1 N–H and O–H groups in total. The first-order valence-corrected chi connectivity index (χ1v) is 7.45. The van der Waals surface area contributed by atoms with Crippen LogP contribution in [0.25, 0.3) is 0 Å². The number of piperidine rings is 1. The summed E-state index contributed by atoms with van der Waals surface area (Å²) < 4.78 is 10.9. The Kier molecular flexibility index (Phi) is 6.15. The van der Waals surface area contributed by atoms with Crippen molar-refractivity contribution < 1.29 is 9.47 Å². The molecular formula is C16H26N2O2. The number of benzene rings is 1. The highest BCUT2D eigenvalue weighted by Gasteiger charge is 2.18. The first kappa shape index (κ1) is 15.1. The Morgan fingerprint density at radius 2 is 2.00 bits per heavy atom. The Hall–Kier alpha value is -1.26. The highest BCUT2D eigenvalue weighted by Crippen LogP contribution is 2.18. The lowest BCUT2D eigenvalue weighted by molar-refractivity contribution is 0.146. The maximum atomic E-state index is 5.79. The van der Waals surface area contributed by atoms with Gasteiger partial charge in [-0.3, -0.25) is 4.90 Å². The zero-order valence-corrected chi connectivity index (χ0v) is 12.6. The van der Waals surface area contributed by atoms with Crippen LogP contribution in [0, 0.1) is 5.92 Å². The van der Waals surface area contributed by atoms with E-state index in [4.69, 9.17) is 9.47 Å². The minimum absolute atomic E-state index is 0.749. The van der Waals surface area contributed by atoms with Crippen molar-refractivity contribution in [3.63, 3.8) is 0 Å². The highest BCUT2D eigenvalue weighted by atomic mass is 16.5. The molecule has 4 heteroatoms. The Balaban J connectivity index is 1.69. The van der Waals surface area contributed by atoms with E-state index in [1.165, 1.54) is 25.9 Å². The highest BCUT2D eigenvalue weighted by molar-refractivity contribution is 5.31. The Morgan fingerprint density at radius 3 is 2.70 bits per heavy atom. The van der Waals surface area contributed by atoms with E-state index < -0.39 is 0 Å². The van der Waals surface area contributed by atoms with Crippen LogP contribution in [0.3, 0.4) is 0 Å². The van der Waals surface area contributed by atoms with Gasteiger partial charge in [0.1, 0.15) is 18.1 Å². The standard InChI is InChI=1S/C16H26N2O2/c1-17-12-14-4-3-9-18(13-14)10-11-20-16-7-5-15(19-2)6-8-16/h5-8,14,17H,3-4,9-13H2,1-2H3. The third-order valence-corrected chi connectivity index (χ3v) is 3.83. The molecule has 1 heterocycles. The second-order valence-electron chi connectivity index (χ2n) is 5.39. The lowest BCUT2D eigenvalue weighted by Crippen LogP contribution is -2.40. The molecule has 1 unspecified atom stereocenters. The van der Waals surface area contributed by atoms with Gasteiger partial charge in [0.25, 0.3) is 0 Å². The van der Waals surface area contributed by atoms with E-state index in [1.807, 2.05) is 31.3 Å². The van der Waals surface area contributed by atoms with Gasteiger partial charge >= 0.3 is 0 Å². The summed E-state index contributed by atoms with van der Waals surface area (Å²) in [4.78, 5) is 2.51. The van der Waals surface area contributed by atoms with Crippen LogP contribution in [0.1, 0.15) is 12.8 Å². The van der Waals surface area contributed by atoms with Crippen LogP contribution >= 0.6 is 0 Å². The van der Waals surface area contributed by atoms with Gasteiger partial charge in [0.05, 0.1) is 7.11 Å². The van der Waals surface area contributed by atoms with Crippen molar-refractivity contribution in [2.45, 2.75) is 12.8 Å². The average Bonchev–Trinajstić information content (AvgIpc) is 2.49. The van der Waals surface area contributed by atoms with E-state index in [0.717, 1.165) is 37.1 Å². The first-order chi connectivity index (χ1) is 9.81. The van der Waals surface area contributed by atoms with Gasteiger partial charge in [-0.15, -0.1) is 0 Å². The number of likely N-dealkylation sites (tertiary alicyclic amines) is 1. The van der Waals surface area contributed by atoms with Gasteiger partial charge in [0, 0.05) is 13.1 Å². The number of ether oxygens (including phenoxy) is 2. The second-order valence-corrected chi connectivity index (χ2v) is 5.39. The topological polar surface area (TPSA) is 33.7 Å². The minimum atomic E-state index is 0.749. The molecular weight excluding hydrogens is 252 g/mol. The molecule has 1 saturated heterocycles. The largest absolute Gasteiger partial charge is 0.497 e. The minimum Gasteiger partial charge on any atom is -0.497 e. The molecule has 1 aliphatic heterocycles. The number of nitrogens with one attached hydrogen (secondary N) is 1. The average molecular weight is 278 g/mol. The normalized spacial score (nSPS) is 19.8. The molecule has 0 saturated carbocycles. The fraction of sp³-hybridized carbons (Fsp3) is 0.625. The van der Waals surface area contributed by atoms with Gasteiger partial charge in [-0.25, -0.2) is 0 Å². The van der Waals surface area contributed by atoms with Crippen LogP contribution in [0.4, 0.5) is 0 Å². The molecule has 0 radical (unpaired) electrons. The van der Waals surface area contributed by atoms with E-state index >= 15 is 0 Å². The van der Waals surface area contributed by atoms with Crippen LogP contribution in [-0.2, 0) is 0 Å².